The first-order valence-corrected chi connectivity index (χ1v) is 5.04. The molecule has 4 nitrogen and oxygen atoms in total. The second-order valence-corrected chi connectivity index (χ2v) is 3.96. The van der Waals surface area contributed by atoms with Gasteiger partial charge in [0.1, 0.15) is 11.6 Å². The summed E-state index contributed by atoms with van der Waals surface area (Å²) in [6, 6.07) is 2.01. The highest BCUT2D eigenvalue weighted by Crippen LogP contribution is 2.36. The predicted molar refractivity (Wildman–Crippen MR) is 60.9 cm³/mol. The summed E-state index contributed by atoms with van der Waals surface area (Å²) in [5.74, 6) is 2.03. The molecule has 0 bridgehead atoms. The number of nitrogens with zero attached hydrogens (tertiary/aromatic N) is 2. The van der Waals surface area contributed by atoms with E-state index in [2.05, 4.69) is 22.2 Å². The van der Waals surface area contributed by atoms with Gasteiger partial charge in [0, 0.05) is 35.8 Å². The van der Waals surface area contributed by atoms with Crippen molar-refractivity contribution in [2.45, 2.75) is 12.8 Å². The van der Waals surface area contributed by atoms with E-state index >= 15 is 0 Å². The topological polar surface area (TPSA) is 63.8 Å². The van der Waals surface area contributed by atoms with Crippen LogP contribution in [-0.4, -0.2) is 16.5 Å². The van der Waals surface area contributed by atoms with E-state index in [4.69, 9.17) is 5.73 Å². The van der Waals surface area contributed by atoms with E-state index in [-0.39, 0.29) is 0 Å². The van der Waals surface area contributed by atoms with Gasteiger partial charge < -0.3 is 11.1 Å². The van der Waals surface area contributed by atoms with Gasteiger partial charge in [0.05, 0.1) is 0 Å². The van der Waals surface area contributed by atoms with E-state index in [9.17, 15) is 0 Å². The Bertz CT molecular complexity index is 535. The zero-order chi connectivity index (χ0) is 10.4. The summed E-state index contributed by atoms with van der Waals surface area (Å²) in [6.45, 7) is 3.14. The summed E-state index contributed by atoms with van der Waals surface area (Å²) in [6.07, 6.45) is 3.55. The first-order valence-electron chi connectivity index (χ1n) is 5.04. The number of hydrogen-bond acceptors (Lipinski definition) is 4. The molecule has 0 saturated heterocycles. The standard InChI is InChI=1S/C11H12N4/c1-6-4-14-11-9(6)7-2-3-13-10(12)8(7)5-15-11/h2-3,5-6H,4H2,1H3,(H2,12,13)(H,14,15). The summed E-state index contributed by atoms with van der Waals surface area (Å²) in [5.41, 5.74) is 7.09. The van der Waals surface area contributed by atoms with E-state index < -0.39 is 0 Å². The number of nitrogens with two attached hydrogens (primary N) is 1. The molecule has 3 heterocycles. The maximum absolute atomic E-state index is 5.82. The van der Waals surface area contributed by atoms with Crippen molar-refractivity contribution >= 4 is 22.4 Å². The third kappa shape index (κ3) is 1.08. The van der Waals surface area contributed by atoms with Crippen LogP contribution in [0.25, 0.3) is 10.8 Å². The maximum atomic E-state index is 5.82. The van der Waals surface area contributed by atoms with Crippen LogP contribution < -0.4 is 11.1 Å². The number of pyridine rings is 2. The van der Waals surface area contributed by atoms with Gasteiger partial charge in [-0.3, -0.25) is 0 Å². The van der Waals surface area contributed by atoms with Crippen LogP contribution in [-0.2, 0) is 0 Å². The number of rotatable bonds is 0. The van der Waals surface area contributed by atoms with Crippen molar-refractivity contribution in [1.82, 2.24) is 9.97 Å². The Morgan fingerprint density at radius 1 is 1.40 bits per heavy atom. The minimum Gasteiger partial charge on any atom is -0.383 e. The molecule has 0 fully saturated rings. The molecule has 0 amide bonds. The predicted octanol–water partition coefficient (Wildman–Crippen LogP) is 1.74. The molecule has 3 N–H and O–H groups in total. The van der Waals surface area contributed by atoms with Crippen LogP contribution in [0.1, 0.15) is 18.4 Å². The highest BCUT2D eigenvalue weighted by molar-refractivity contribution is 5.95. The van der Waals surface area contributed by atoms with Crippen LogP contribution in [0.4, 0.5) is 11.6 Å². The molecule has 0 radical (unpaired) electrons. The van der Waals surface area contributed by atoms with Crippen molar-refractivity contribution in [1.29, 1.82) is 0 Å². The molecule has 4 heteroatoms. The Balaban J connectivity index is 2.43. The molecule has 2 aromatic rings. The SMILES string of the molecule is CC1CNc2ncc3c(N)nccc3c21. The maximum Gasteiger partial charge on any atom is 0.132 e. The minimum atomic E-state index is 0.484. The fourth-order valence-electron chi connectivity index (χ4n) is 2.18. The molecular weight excluding hydrogens is 188 g/mol. The summed E-state index contributed by atoms with van der Waals surface area (Å²) in [4.78, 5) is 8.44. The Kier molecular flexibility index (Phi) is 1.59. The average molecular weight is 200 g/mol. The van der Waals surface area contributed by atoms with Gasteiger partial charge in [-0.15, -0.1) is 0 Å². The number of hydrogen-bond donors (Lipinski definition) is 2. The van der Waals surface area contributed by atoms with Crippen LogP contribution in [0.2, 0.25) is 0 Å². The lowest BCUT2D eigenvalue weighted by molar-refractivity contribution is 0.860. The number of nitrogen functional groups attached to an aromatic ring is 1. The normalized spacial score (nSPS) is 18.9. The Hall–Kier alpha value is -1.84. The molecule has 1 aliphatic rings. The van der Waals surface area contributed by atoms with Gasteiger partial charge in [0.25, 0.3) is 0 Å². The largest absolute Gasteiger partial charge is 0.383 e. The molecule has 3 rings (SSSR count). The number of fused-ring (bicyclic) bond motifs is 3. The van der Waals surface area contributed by atoms with Crippen LogP contribution in [0.3, 0.4) is 0 Å². The van der Waals surface area contributed by atoms with Gasteiger partial charge in [-0.2, -0.15) is 0 Å². The molecule has 0 spiro atoms. The molecule has 2 aromatic heterocycles. The summed E-state index contributed by atoms with van der Waals surface area (Å²) < 4.78 is 0. The van der Waals surface area contributed by atoms with E-state index in [1.165, 1.54) is 10.9 Å². The fourth-order valence-corrected chi connectivity index (χ4v) is 2.18. The summed E-state index contributed by atoms with van der Waals surface area (Å²) in [7, 11) is 0. The molecule has 0 aromatic carbocycles. The third-order valence-electron chi connectivity index (χ3n) is 2.96. The minimum absolute atomic E-state index is 0.484. The lowest BCUT2D eigenvalue weighted by Gasteiger charge is -2.07. The van der Waals surface area contributed by atoms with E-state index in [0.29, 0.717) is 11.7 Å². The van der Waals surface area contributed by atoms with E-state index in [1.54, 1.807) is 12.4 Å². The molecule has 76 valence electrons. The zero-order valence-electron chi connectivity index (χ0n) is 8.49. The highest BCUT2D eigenvalue weighted by Gasteiger charge is 2.22. The third-order valence-corrected chi connectivity index (χ3v) is 2.96. The summed E-state index contributed by atoms with van der Waals surface area (Å²) in [5, 5.41) is 5.41. The Labute approximate surface area is 87.5 Å². The Morgan fingerprint density at radius 2 is 2.27 bits per heavy atom. The van der Waals surface area contributed by atoms with Gasteiger partial charge in [0.2, 0.25) is 0 Å². The monoisotopic (exact) mass is 200 g/mol. The van der Waals surface area contributed by atoms with Crippen LogP contribution in [0.5, 0.6) is 0 Å². The van der Waals surface area contributed by atoms with Gasteiger partial charge >= 0.3 is 0 Å². The molecule has 0 aliphatic carbocycles. The van der Waals surface area contributed by atoms with Crippen molar-refractivity contribution in [3.8, 4) is 0 Å². The lowest BCUT2D eigenvalue weighted by Crippen LogP contribution is -1.96. The van der Waals surface area contributed by atoms with Gasteiger partial charge in [-0.05, 0) is 11.5 Å². The molecule has 15 heavy (non-hydrogen) atoms. The second-order valence-electron chi connectivity index (χ2n) is 3.96. The van der Waals surface area contributed by atoms with Crippen molar-refractivity contribution in [2.24, 2.45) is 0 Å². The first kappa shape index (κ1) is 8.47. The zero-order valence-corrected chi connectivity index (χ0v) is 8.49. The van der Waals surface area contributed by atoms with E-state index in [0.717, 1.165) is 17.7 Å². The average Bonchev–Trinajstić information content (AvgIpc) is 2.61. The van der Waals surface area contributed by atoms with Gasteiger partial charge in [-0.25, -0.2) is 9.97 Å². The summed E-state index contributed by atoms with van der Waals surface area (Å²) >= 11 is 0. The fraction of sp³-hybridized carbons (Fsp3) is 0.273. The molecule has 1 unspecified atom stereocenters. The van der Waals surface area contributed by atoms with Gasteiger partial charge in [-0.1, -0.05) is 6.92 Å². The quantitative estimate of drug-likeness (QED) is 0.680. The second kappa shape index (κ2) is 2.82. The number of anilines is 2. The number of aromatic nitrogens is 2. The van der Waals surface area contributed by atoms with Crippen molar-refractivity contribution in [3.05, 3.63) is 24.0 Å². The van der Waals surface area contributed by atoms with Gasteiger partial charge in [0.15, 0.2) is 0 Å². The molecule has 1 aliphatic heterocycles. The highest BCUT2D eigenvalue weighted by atomic mass is 15.0. The van der Waals surface area contributed by atoms with Crippen LogP contribution in [0.15, 0.2) is 18.5 Å². The number of nitrogens with one attached hydrogen (secondary N) is 1. The molecule has 1 atom stereocenters. The lowest BCUT2D eigenvalue weighted by atomic mass is 10.00. The Morgan fingerprint density at radius 3 is 3.13 bits per heavy atom. The smallest absolute Gasteiger partial charge is 0.132 e. The van der Waals surface area contributed by atoms with E-state index in [1.807, 2.05) is 6.07 Å². The molecular formula is C11H12N4. The van der Waals surface area contributed by atoms with Crippen molar-refractivity contribution in [2.75, 3.05) is 17.6 Å². The first-order chi connectivity index (χ1) is 7.27. The molecule has 0 saturated carbocycles. The van der Waals surface area contributed by atoms with Crippen LogP contribution >= 0.6 is 0 Å². The van der Waals surface area contributed by atoms with Crippen LogP contribution in [0, 0.1) is 0 Å². The van der Waals surface area contributed by atoms with Crippen molar-refractivity contribution in [3.63, 3.8) is 0 Å². The van der Waals surface area contributed by atoms with Crippen molar-refractivity contribution < 1.29 is 0 Å².